The Kier molecular flexibility index (Phi) is 6.76. The van der Waals surface area contributed by atoms with Gasteiger partial charge in [0, 0.05) is 5.56 Å². The smallest absolute Gasteiger partial charge is 0.325 e. The van der Waals surface area contributed by atoms with Crippen LogP contribution in [0.25, 0.3) is 10.2 Å². The van der Waals surface area contributed by atoms with Crippen LogP contribution < -0.4 is 4.80 Å². The fraction of sp³-hybridized carbons (Fsp3) is 0.318. The number of rotatable bonds is 6. The van der Waals surface area contributed by atoms with Gasteiger partial charge in [-0.25, -0.2) is 8.42 Å². The molecule has 0 unspecified atom stereocenters. The zero-order chi connectivity index (χ0) is 22.8. The van der Waals surface area contributed by atoms with Crippen LogP contribution in [0.15, 0.2) is 52.4 Å². The Labute approximate surface area is 184 Å². The Hall–Kier alpha value is -2.78. The van der Waals surface area contributed by atoms with Gasteiger partial charge in [0.2, 0.25) is 0 Å². The molecule has 3 rings (SSSR count). The van der Waals surface area contributed by atoms with Gasteiger partial charge in [-0.1, -0.05) is 30.4 Å². The Morgan fingerprint density at radius 2 is 1.90 bits per heavy atom. The minimum Gasteiger partial charge on any atom is -0.468 e. The van der Waals surface area contributed by atoms with E-state index < -0.39 is 27.0 Å². The number of thiazole rings is 1. The summed E-state index contributed by atoms with van der Waals surface area (Å²) in [5.41, 5.74) is 2.07. The first-order valence-electron chi connectivity index (χ1n) is 9.79. The molecular formula is C22H24N2O5S2. The van der Waals surface area contributed by atoms with Gasteiger partial charge in [-0.05, 0) is 56.2 Å². The molecule has 164 valence electrons. The van der Waals surface area contributed by atoms with Crippen molar-refractivity contribution in [3.8, 4) is 0 Å². The fourth-order valence-corrected chi connectivity index (χ4v) is 5.19. The van der Waals surface area contributed by atoms with Gasteiger partial charge in [0.1, 0.15) is 6.54 Å². The van der Waals surface area contributed by atoms with E-state index in [4.69, 9.17) is 4.74 Å². The van der Waals surface area contributed by atoms with Gasteiger partial charge in [-0.3, -0.25) is 9.59 Å². The number of aromatic nitrogens is 1. The van der Waals surface area contributed by atoms with Gasteiger partial charge in [-0.15, -0.1) is 0 Å². The number of nitrogens with zero attached hydrogens (tertiary/aromatic N) is 2. The second-order valence-electron chi connectivity index (χ2n) is 7.24. The maximum atomic E-state index is 12.9. The molecule has 0 aliphatic rings. The number of hydrogen-bond acceptors (Lipinski definition) is 6. The molecule has 0 saturated heterocycles. The lowest BCUT2D eigenvalue weighted by Crippen LogP contribution is -2.22. The molecule has 1 amide bonds. The molecule has 0 atom stereocenters. The summed E-state index contributed by atoms with van der Waals surface area (Å²) in [6.45, 7) is 5.14. The highest BCUT2D eigenvalue weighted by Crippen LogP contribution is 2.21. The lowest BCUT2D eigenvalue weighted by atomic mass is 10.2. The summed E-state index contributed by atoms with van der Waals surface area (Å²) in [5, 5.41) is -0.604. The predicted octanol–water partition coefficient (Wildman–Crippen LogP) is 3.36. The highest BCUT2D eigenvalue weighted by molar-refractivity contribution is 7.92. The van der Waals surface area contributed by atoms with Crippen molar-refractivity contribution in [1.82, 2.24) is 4.57 Å². The summed E-state index contributed by atoms with van der Waals surface area (Å²) in [5.74, 6) is -1.04. The van der Waals surface area contributed by atoms with Crippen molar-refractivity contribution in [2.45, 2.75) is 43.9 Å². The van der Waals surface area contributed by atoms with E-state index >= 15 is 0 Å². The first kappa shape index (κ1) is 22.9. The SMILES string of the molecule is CCc1ccc2c(c1)sc(=NC(=O)c1cccc(S(=O)(=O)C(C)C)c1)n2CC(=O)OC. The molecule has 7 nitrogen and oxygen atoms in total. The van der Waals surface area contributed by atoms with E-state index in [0.717, 1.165) is 22.2 Å². The molecule has 0 fully saturated rings. The molecule has 0 N–H and O–H groups in total. The zero-order valence-electron chi connectivity index (χ0n) is 17.8. The molecule has 1 heterocycles. The van der Waals surface area contributed by atoms with E-state index in [2.05, 4.69) is 4.99 Å². The van der Waals surface area contributed by atoms with Crippen LogP contribution in [0, 0.1) is 0 Å². The Bertz CT molecular complexity index is 1320. The maximum Gasteiger partial charge on any atom is 0.325 e. The fourth-order valence-electron chi connectivity index (χ4n) is 3.00. The zero-order valence-corrected chi connectivity index (χ0v) is 19.4. The van der Waals surface area contributed by atoms with Crippen LogP contribution in [0.1, 0.15) is 36.7 Å². The predicted molar refractivity (Wildman–Crippen MR) is 120 cm³/mol. The van der Waals surface area contributed by atoms with E-state index in [1.165, 1.54) is 42.7 Å². The summed E-state index contributed by atoms with van der Waals surface area (Å²) >= 11 is 1.29. The molecule has 0 aliphatic carbocycles. The van der Waals surface area contributed by atoms with Crippen LogP contribution in [0.2, 0.25) is 0 Å². The summed E-state index contributed by atoms with van der Waals surface area (Å²) in [7, 11) is -2.22. The van der Waals surface area contributed by atoms with Gasteiger partial charge in [-0.2, -0.15) is 4.99 Å². The Morgan fingerprint density at radius 1 is 1.16 bits per heavy atom. The number of fused-ring (bicyclic) bond motifs is 1. The standard InChI is InChI=1S/C22H24N2O5S2/c1-5-15-9-10-18-19(11-15)30-22(24(18)13-20(25)29-4)23-21(26)16-7-6-8-17(12-16)31(27,28)14(2)3/h6-12,14H,5,13H2,1-4H3. The molecule has 0 radical (unpaired) electrons. The average molecular weight is 461 g/mol. The van der Waals surface area contributed by atoms with Gasteiger partial charge in [0.25, 0.3) is 5.91 Å². The second-order valence-corrected chi connectivity index (χ2v) is 10.8. The van der Waals surface area contributed by atoms with Crippen molar-refractivity contribution >= 4 is 43.3 Å². The van der Waals surface area contributed by atoms with Crippen LogP contribution in [-0.2, 0) is 32.3 Å². The first-order chi connectivity index (χ1) is 14.7. The molecular weight excluding hydrogens is 436 g/mol. The number of benzene rings is 2. The van der Waals surface area contributed by atoms with Crippen molar-refractivity contribution in [3.63, 3.8) is 0 Å². The van der Waals surface area contributed by atoms with Gasteiger partial charge < -0.3 is 9.30 Å². The monoisotopic (exact) mass is 460 g/mol. The third-order valence-corrected chi connectivity index (χ3v) is 8.09. The third-order valence-electron chi connectivity index (χ3n) is 4.90. The normalized spacial score (nSPS) is 12.5. The summed E-state index contributed by atoms with van der Waals surface area (Å²) in [6.07, 6.45) is 0.855. The van der Waals surface area contributed by atoms with Crippen molar-refractivity contribution in [2.24, 2.45) is 4.99 Å². The third kappa shape index (κ3) is 4.77. The summed E-state index contributed by atoms with van der Waals surface area (Å²) in [6, 6.07) is 11.7. The average Bonchev–Trinajstić information content (AvgIpc) is 3.09. The van der Waals surface area contributed by atoms with E-state index in [1.807, 2.05) is 25.1 Å². The molecule has 9 heteroatoms. The molecule has 0 bridgehead atoms. The van der Waals surface area contributed by atoms with Crippen LogP contribution in [0.3, 0.4) is 0 Å². The quantitative estimate of drug-likeness (QED) is 0.526. The van der Waals surface area contributed by atoms with Crippen LogP contribution in [0.4, 0.5) is 0 Å². The summed E-state index contributed by atoms with van der Waals surface area (Å²) < 4.78 is 32.2. The van der Waals surface area contributed by atoms with Crippen LogP contribution in [-0.4, -0.2) is 37.2 Å². The number of ether oxygens (including phenoxy) is 1. The molecule has 0 aliphatic heterocycles. The van der Waals surface area contributed by atoms with E-state index in [1.54, 1.807) is 18.4 Å². The summed E-state index contributed by atoms with van der Waals surface area (Å²) in [4.78, 5) is 29.5. The highest BCUT2D eigenvalue weighted by Gasteiger charge is 2.20. The number of carbonyl (C=O) groups excluding carboxylic acids is 2. The van der Waals surface area contributed by atoms with E-state index in [9.17, 15) is 18.0 Å². The first-order valence-corrected chi connectivity index (χ1v) is 12.2. The highest BCUT2D eigenvalue weighted by atomic mass is 32.2. The van der Waals surface area contributed by atoms with E-state index in [0.29, 0.717) is 4.80 Å². The van der Waals surface area contributed by atoms with Gasteiger partial charge in [0.15, 0.2) is 14.6 Å². The van der Waals surface area contributed by atoms with Gasteiger partial charge in [0.05, 0.1) is 27.5 Å². The van der Waals surface area contributed by atoms with Crippen LogP contribution >= 0.6 is 11.3 Å². The largest absolute Gasteiger partial charge is 0.468 e. The molecule has 3 aromatic rings. The van der Waals surface area contributed by atoms with Crippen molar-refractivity contribution in [3.05, 3.63) is 58.4 Å². The Morgan fingerprint density at radius 3 is 2.55 bits per heavy atom. The molecule has 2 aromatic carbocycles. The lowest BCUT2D eigenvalue weighted by Gasteiger charge is -2.08. The number of aryl methyl sites for hydroxylation is 1. The molecule has 1 aromatic heterocycles. The van der Waals surface area contributed by atoms with Crippen LogP contribution in [0.5, 0.6) is 0 Å². The number of carbonyl (C=O) groups is 2. The number of methoxy groups -OCH3 is 1. The lowest BCUT2D eigenvalue weighted by molar-refractivity contribution is -0.141. The van der Waals surface area contributed by atoms with Crippen molar-refractivity contribution < 1.29 is 22.7 Å². The van der Waals surface area contributed by atoms with Crippen molar-refractivity contribution in [1.29, 1.82) is 0 Å². The van der Waals surface area contributed by atoms with E-state index in [-0.39, 0.29) is 17.0 Å². The topological polar surface area (TPSA) is 94.8 Å². The second kappa shape index (κ2) is 9.15. The Balaban J connectivity index is 2.12. The van der Waals surface area contributed by atoms with Gasteiger partial charge >= 0.3 is 5.97 Å². The molecule has 31 heavy (non-hydrogen) atoms. The number of sulfone groups is 1. The number of amides is 1. The number of hydrogen-bond donors (Lipinski definition) is 0. The minimum absolute atomic E-state index is 0.0786. The molecule has 0 saturated carbocycles. The van der Waals surface area contributed by atoms with Crippen molar-refractivity contribution in [2.75, 3.05) is 7.11 Å². The maximum absolute atomic E-state index is 12.9. The minimum atomic E-state index is -3.52. The number of esters is 1. The molecule has 0 spiro atoms.